The highest BCUT2D eigenvalue weighted by Crippen LogP contribution is 2.21. The number of amides is 1. The van der Waals surface area contributed by atoms with Gasteiger partial charge in [0.05, 0.1) is 0 Å². The third kappa shape index (κ3) is 3.95. The van der Waals surface area contributed by atoms with Crippen molar-refractivity contribution in [2.75, 3.05) is 39.3 Å². The van der Waals surface area contributed by atoms with Crippen LogP contribution in [0.4, 0.5) is 0 Å². The van der Waals surface area contributed by atoms with E-state index in [-0.39, 0.29) is 5.91 Å². The predicted octanol–water partition coefficient (Wildman–Crippen LogP) is 1.66. The fraction of sp³-hybridized carbons (Fsp3) is 0.938. The lowest BCUT2D eigenvalue weighted by molar-refractivity contribution is -0.133. The smallest absolute Gasteiger partial charge is 0.219 e. The molecular weight excluding hydrogens is 250 g/mol. The van der Waals surface area contributed by atoms with Gasteiger partial charge in [-0.3, -0.25) is 9.69 Å². The van der Waals surface area contributed by atoms with E-state index >= 15 is 0 Å². The molecular formula is C16H31N3O. The monoisotopic (exact) mass is 281 g/mol. The normalized spacial score (nSPS) is 27.2. The summed E-state index contributed by atoms with van der Waals surface area (Å²) in [5, 5.41) is 0. The molecule has 0 bridgehead atoms. The van der Waals surface area contributed by atoms with Gasteiger partial charge in [-0.15, -0.1) is 0 Å². The predicted molar refractivity (Wildman–Crippen MR) is 82.7 cm³/mol. The van der Waals surface area contributed by atoms with E-state index in [2.05, 4.69) is 30.6 Å². The van der Waals surface area contributed by atoms with E-state index in [1.165, 1.54) is 32.5 Å². The Balaban J connectivity index is 1.74. The first-order chi connectivity index (χ1) is 9.47. The van der Waals surface area contributed by atoms with E-state index in [1.807, 2.05) is 4.90 Å². The van der Waals surface area contributed by atoms with Crippen molar-refractivity contribution in [3.63, 3.8) is 0 Å². The van der Waals surface area contributed by atoms with Crippen molar-refractivity contribution in [1.29, 1.82) is 0 Å². The zero-order valence-corrected chi connectivity index (χ0v) is 13.6. The fourth-order valence-corrected chi connectivity index (χ4v) is 3.68. The minimum atomic E-state index is 0.224. The molecule has 2 fully saturated rings. The van der Waals surface area contributed by atoms with Gasteiger partial charge < -0.3 is 9.80 Å². The van der Waals surface area contributed by atoms with Crippen molar-refractivity contribution in [2.45, 2.75) is 52.6 Å². The second-order valence-electron chi connectivity index (χ2n) is 6.89. The molecule has 0 saturated carbocycles. The van der Waals surface area contributed by atoms with Gasteiger partial charge in [0.1, 0.15) is 0 Å². The minimum Gasteiger partial charge on any atom is -0.338 e. The highest BCUT2D eigenvalue weighted by molar-refractivity contribution is 5.73. The van der Waals surface area contributed by atoms with Gasteiger partial charge in [0.2, 0.25) is 5.91 Å². The van der Waals surface area contributed by atoms with Crippen molar-refractivity contribution >= 4 is 5.91 Å². The molecule has 2 heterocycles. The fourth-order valence-electron chi connectivity index (χ4n) is 3.68. The molecule has 1 amide bonds. The van der Waals surface area contributed by atoms with Crippen LogP contribution >= 0.6 is 0 Å². The summed E-state index contributed by atoms with van der Waals surface area (Å²) in [6.45, 7) is 15.2. The van der Waals surface area contributed by atoms with Crippen LogP contribution in [-0.4, -0.2) is 72.0 Å². The SMILES string of the molecule is CC(=O)N1CCN(CC2CCN(C(C)C)CC2)CC1C. The Bertz CT molecular complexity index is 324. The first-order valence-electron chi connectivity index (χ1n) is 8.21. The van der Waals surface area contributed by atoms with Crippen LogP contribution in [0, 0.1) is 5.92 Å². The number of nitrogens with zero attached hydrogens (tertiary/aromatic N) is 3. The number of carbonyl (C=O) groups is 1. The molecule has 2 rings (SSSR count). The first kappa shape index (κ1) is 15.8. The Morgan fingerprint density at radius 2 is 1.80 bits per heavy atom. The summed E-state index contributed by atoms with van der Waals surface area (Å²) in [5.41, 5.74) is 0. The first-order valence-corrected chi connectivity index (χ1v) is 8.21. The molecule has 0 aliphatic carbocycles. The summed E-state index contributed by atoms with van der Waals surface area (Å²) in [4.78, 5) is 18.7. The summed E-state index contributed by atoms with van der Waals surface area (Å²) in [6, 6.07) is 1.06. The quantitative estimate of drug-likeness (QED) is 0.787. The van der Waals surface area contributed by atoms with Crippen LogP contribution in [0.25, 0.3) is 0 Å². The molecule has 0 spiro atoms. The maximum Gasteiger partial charge on any atom is 0.219 e. The highest BCUT2D eigenvalue weighted by atomic mass is 16.2. The van der Waals surface area contributed by atoms with Gasteiger partial charge in [0.25, 0.3) is 0 Å². The summed E-state index contributed by atoms with van der Waals surface area (Å²) in [7, 11) is 0. The average Bonchev–Trinajstić information content (AvgIpc) is 2.39. The number of carbonyl (C=O) groups excluding carboxylic acids is 1. The van der Waals surface area contributed by atoms with Crippen LogP contribution in [0.15, 0.2) is 0 Å². The number of hydrogen-bond acceptors (Lipinski definition) is 3. The van der Waals surface area contributed by atoms with Crippen molar-refractivity contribution in [3.8, 4) is 0 Å². The topological polar surface area (TPSA) is 26.8 Å². The lowest BCUT2D eigenvalue weighted by atomic mass is 9.95. The lowest BCUT2D eigenvalue weighted by Crippen LogP contribution is -2.54. The van der Waals surface area contributed by atoms with Crippen LogP contribution in [-0.2, 0) is 4.79 Å². The van der Waals surface area contributed by atoms with E-state index in [9.17, 15) is 4.79 Å². The zero-order valence-electron chi connectivity index (χ0n) is 13.6. The summed E-state index contributed by atoms with van der Waals surface area (Å²) >= 11 is 0. The standard InChI is InChI=1S/C16H31N3O/c1-13(2)18-7-5-16(6-8-18)12-17-9-10-19(15(4)20)14(3)11-17/h13-14,16H,5-12H2,1-4H3. The van der Waals surface area contributed by atoms with Crippen molar-refractivity contribution in [1.82, 2.24) is 14.7 Å². The van der Waals surface area contributed by atoms with Crippen LogP contribution in [0.2, 0.25) is 0 Å². The van der Waals surface area contributed by atoms with E-state index < -0.39 is 0 Å². The molecule has 1 unspecified atom stereocenters. The van der Waals surface area contributed by atoms with E-state index in [1.54, 1.807) is 6.92 Å². The third-order valence-corrected chi connectivity index (χ3v) is 5.01. The third-order valence-electron chi connectivity index (χ3n) is 5.01. The van der Waals surface area contributed by atoms with E-state index in [0.717, 1.165) is 25.6 Å². The number of piperidine rings is 1. The Hall–Kier alpha value is -0.610. The molecule has 0 radical (unpaired) electrons. The number of hydrogen-bond donors (Lipinski definition) is 0. The lowest BCUT2D eigenvalue weighted by Gasteiger charge is -2.42. The van der Waals surface area contributed by atoms with Crippen LogP contribution < -0.4 is 0 Å². The number of rotatable bonds is 3. The summed E-state index contributed by atoms with van der Waals surface area (Å²) in [5.74, 6) is 1.07. The van der Waals surface area contributed by atoms with Gasteiger partial charge in [-0.25, -0.2) is 0 Å². The molecule has 0 aromatic heterocycles. The molecule has 116 valence electrons. The zero-order chi connectivity index (χ0) is 14.7. The molecule has 1 atom stereocenters. The van der Waals surface area contributed by atoms with E-state index in [4.69, 9.17) is 0 Å². The van der Waals surface area contributed by atoms with Crippen LogP contribution in [0.1, 0.15) is 40.5 Å². The van der Waals surface area contributed by atoms with Gasteiger partial charge in [-0.05, 0) is 52.6 Å². The van der Waals surface area contributed by atoms with Crippen molar-refractivity contribution in [3.05, 3.63) is 0 Å². The highest BCUT2D eigenvalue weighted by Gasteiger charge is 2.28. The molecule has 0 aromatic carbocycles. The largest absolute Gasteiger partial charge is 0.338 e. The Morgan fingerprint density at radius 3 is 2.30 bits per heavy atom. The minimum absolute atomic E-state index is 0.224. The molecule has 4 heteroatoms. The molecule has 20 heavy (non-hydrogen) atoms. The molecule has 2 aliphatic heterocycles. The second-order valence-corrected chi connectivity index (χ2v) is 6.89. The molecule has 2 aliphatic rings. The maximum atomic E-state index is 11.5. The summed E-state index contributed by atoms with van der Waals surface area (Å²) in [6.07, 6.45) is 2.67. The number of likely N-dealkylation sites (tertiary alicyclic amines) is 1. The molecule has 2 saturated heterocycles. The van der Waals surface area contributed by atoms with Crippen LogP contribution in [0.5, 0.6) is 0 Å². The number of piperazine rings is 1. The van der Waals surface area contributed by atoms with Gasteiger partial charge >= 0.3 is 0 Å². The van der Waals surface area contributed by atoms with Crippen molar-refractivity contribution < 1.29 is 4.79 Å². The van der Waals surface area contributed by atoms with Crippen LogP contribution in [0.3, 0.4) is 0 Å². The maximum absolute atomic E-state index is 11.5. The molecule has 0 N–H and O–H groups in total. The Kier molecular flexibility index (Phi) is 5.44. The second kappa shape index (κ2) is 6.90. The summed E-state index contributed by atoms with van der Waals surface area (Å²) < 4.78 is 0. The van der Waals surface area contributed by atoms with Gasteiger partial charge in [-0.1, -0.05) is 0 Å². The Labute approximate surface area is 124 Å². The molecule has 4 nitrogen and oxygen atoms in total. The van der Waals surface area contributed by atoms with Gasteiger partial charge in [0.15, 0.2) is 0 Å². The van der Waals surface area contributed by atoms with E-state index in [0.29, 0.717) is 12.1 Å². The van der Waals surface area contributed by atoms with Gasteiger partial charge in [0, 0.05) is 45.2 Å². The van der Waals surface area contributed by atoms with Gasteiger partial charge in [-0.2, -0.15) is 0 Å². The Morgan fingerprint density at radius 1 is 1.15 bits per heavy atom. The van der Waals surface area contributed by atoms with Crippen molar-refractivity contribution in [2.24, 2.45) is 5.92 Å². The average molecular weight is 281 g/mol. The molecule has 0 aromatic rings.